The minimum absolute atomic E-state index is 0.282. The molecule has 0 aromatic heterocycles. The summed E-state index contributed by atoms with van der Waals surface area (Å²) in [5.74, 6) is 0.817. The summed E-state index contributed by atoms with van der Waals surface area (Å²) in [5.41, 5.74) is 5.73. The van der Waals surface area contributed by atoms with E-state index in [0.29, 0.717) is 0 Å². The van der Waals surface area contributed by atoms with Crippen molar-refractivity contribution in [2.45, 2.75) is 25.8 Å². The Kier molecular flexibility index (Phi) is 4.70. The SMILES string of the molecule is CC(N)CN(C)CC1CCOCC1. The molecule has 13 heavy (non-hydrogen) atoms. The van der Waals surface area contributed by atoms with Gasteiger partial charge in [0.2, 0.25) is 0 Å². The zero-order valence-electron chi connectivity index (χ0n) is 8.83. The summed E-state index contributed by atoms with van der Waals surface area (Å²) >= 11 is 0. The van der Waals surface area contributed by atoms with Gasteiger partial charge < -0.3 is 15.4 Å². The van der Waals surface area contributed by atoms with E-state index in [-0.39, 0.29) is 6.04 Å². The van der Waals surface area contributed by atoms with E-state index in [4.69, 9.17) is 10.5 Å². The molecule has 1 aliphatic heterocycles. The fourth-order valence-corrected chi connectivity index (χ4v) is 1.94. The van der Waals surface area contributed by atoms with Crippen LogP contribution in [-0.4, -0.2) is 44.3 Å². The monoisotopic (exact) mass is 186 g/mol. The summed E-state index contributed by atoms with van der Waals surface area (Å²) in [6, 6.07) is 0.282. The summed E-state index contributed by atoms with van der Waals surface area (Å²) in [7, 11) is 2.15. The number of nitrogens with zero attached hydrogens (tertiary/aromatic N) is 1. The highest BCUT2D eigenvalue weighted by atomic mass is 16.5. The Labute approximate surface area is 81.2 Å². The molecule has 0 radical (unpaired) electrons. The predicted octanol–water partition coefficient (Wildman–Crippen LogP) is 0.692. The van der Waals surface area contributed by atoms with Gasteiger partial charge in [-0.15, -0.1) is 0 Å². The zero-order valence-corrected chi connectivity index (χ0v) is 8.83. The van der Waals surface area contributed by atoms with Crippen LogP contribution in [0.15, 0.2) is 0 Å². The van der Waals surface area contributed by atoms with Crippen molar-refractivity contribution in [1.82, 2.24) is 4.90 Å². The third-order valence-electron chi connectivity index (χ3n) is 2.51. The van der Waals surface area contributed by atoms with Crippen LogP contribution in [0.2, 0.25) is 0 Å². The van der Waals surface area contributed by atoms with E-state index >= 15 is 0 Å². The highest BCUT2D eigenvalue weighted by Gasteiger charge is 2.15. The lowest BCUT2D eigenvalue weighted by molar-refractivity contribution is 0.0553. The number of hydrogen-bond acceptors (Lipinski definition) is 3. The second-order valence-electron chi connectivity index (χ2n) is 4.25. The quantitative estimate of drug-likeness (QED) is 0.702. The maximum Gasteiger partial charge on any atom is 0.0469 e. The number of rotatable bonds is 4. The minimum atomic E-state index is 0.282. The molecule has 1 unspecified atom stereocenters. The van der Waals surface area contributed by atoms with Crippen molar-refractivity contribution in [2.24, 2.45) is 11.7 Å². The van der Waals surface area contributed by atoms with Crippen LogP contribution in [0, 0.1) is 5.92 Å². The van der Waals surface area contributed by atoms with Gasteiger partial charge in [0, 0.05) is 32.3 Å². The van der Waals surface area contributed by atoms with Crippen LogP contribution in [0.4, 0.5) is 0 Å². The third-order valence-corrected chi connectivity index (χ3v) is 2.51. The fourth-order valence-electron chi connectivity index (χ4n) is 1.94. The largest absolute Gasteiger partial charge is 0.381 e. The molecular weight excluding hydrogens is 164 g/mol. The molecule has 1 atom stereocenters. The van der Waals surface area contributed by atoms with E-state index in [0.717, 1.165) is 25.7 Å². The smallest absolute Gasteiger partial charge is 0.0469 e. The van der Waals surface area contributed by atoms with Crippen molar-refractivity contribution in [2.75, 3.05) is 33.4 Å². The maximum atomic E-state index is 5.73. The number of hydrogen-bond donors (Lipinski definition) is 1. The van der Waals surface area contributed by atoms with Gasteiger partial charge >= 0.3 is 0 Å². The molecule has 0 amide bonds. The van der Waals surface area contributed by atoms with Crippen LogP contribution in [0.5, 0.6) is 0 Å². The van der Waals surface area contributed by atoms with Crippen LogP contribution < -0.4 is 5.73 Å². The lowest BCUT2D eigenvalue weighted by atomic mass is 10.00. The first-order valence-electron chi connectivity index (χ1n) is 5.20. The van der Waals surface area contributed by atoms with Crippen LogP contribution >= 0.6 is 0 Å². The van der Waals surface area contributed by atoms with Gasteiger partial charge in [-0.3, -0.25) is 0 Å². The molecule has 0 aromatic carbocycles. The van der Waals surface area contributed by atoms with Gasteiger partial charge in [-0.25, -0.2) is 0 Å². The molecule has 78 valence electrons. The maximum absolute atomic E-state index is 5.73. The molecule has 0 saturated carbocycles. The normalized spacial score (nSPS) is 22.2. The van der Waals surface area contributed by atoms with E-state index in [1.807, 2.05) is 0 Å². The summed E-state index contributed by atoms with van der Waals surface area (Å²) < 4.78 is 5.32. The second kappa shape index (κ2) is 5.58. The van der Waals surface area contributed by atoms with E-state index in [2.05, 4.69) is 18.9 Å². The van der Waals surface area contributed by atoms with E-state index < -0.39 is 0 Å². The first-order valence-corrected chi connectivity index (χ1v) is 5.20. The van der Waals surface area contributed by atoms with Gasteiger partial charge in [-0.05, 0) is 32.7 Å². The van der Waals surface area contributed by atoms with Crippen molar-refractivity contribution in [3.63, 3.8) is 0 Å². The molecule has 1 heterocycles. The van der Waals surface area contributed by atoms with Crippen LogP contribution in [0.3, 0.4) is 0 Å². The molecule has 3 nitrogen and oxygen atoms in total. The molecule has 0 spiro atoms. The lowest BCUT2D eigenvalue weighted by Crippen LogP contribution is -2.37. The van der Waals surface area contributed by atoms with Crippen molar-refractivity contribution in [3.8, 4) is 0 Å². The Balaban J connectivity index is 2.14. The predicted molar refractivity (Wildman–Crippen MR) is 54.7 cm³/mol. The van der Waals surface area contributed by atoms with Crippen molar-refractivity contribution in [1.29, 1.82) is 0 Å². The average molecular weight is 186 g/mol. The first kappa shape index (κ1) is 11.0. The van der Waals surface area contributed by atoms with Crippen molar-refractivity contribution >= 4 is 0 Å². The zero-order chi connectivity index (χ0) is 9.68. The van der Waals surface area contributed by atoms with Gasteiger partial charge in [0.15, 0.2) is 0 Å². The highest BCUT2D eigenvalue weighted by Crippen LogP contribution is 2.15. The highest BCUT2D eigenvalue weighted by molar-refractivity contribution is 4.69. The molecule has 3 heteroatoms. The molecule has 1 fully saturated rings. The van der Waals surface area contributed by atoms with E-state index in [9.17, 15) is 0 Å². The Bertz CT molecular complexity index is 133. The fraction of sp³-hybridized carbons (Fsp3) is 1.00. The molecule has 1 aliphatic rings. The molecule has 0 aromatic rings. The Morgan fingerprint density at radius 1 is 1.46 bits per heavy atom. The topological polar surface area (TPSA) is 38.5 Å². The first-order chi connectivity index (χ1) is 6.18. The van der Waals surface area contributed by atoms with E-state index in [1.165, 1.54) is 19.4 Å². The van der Waals surface area contributed by atoms with Gasteiger partial charge in [-0.2, -0.15) is 0 Å². The van der Waals surface area contributed by atoms with Crippen LogP contribution in [0.1, 0.15) is 19.8 Å². The molecular formula is C10H22N2O. The van der Waals surface area contributed by atoms with Crippen molar-refractivity contribution in [3.05, 3.63) is 0 Å². The van der Waals surface area contributed by atoms with Gasteiger partial charge in [0.25, 0.3) is 0 Å². The third kappa shape index (κ3) is 4.60. The Hall–Kier alpha value is -0.120. The molecule has 2 N–H and O–H groups in total. The van der Waals surface area contributed by atoms with Crippen molar-refractivity contribution < 1.29 is 4.74 Å². The van der Waals surface area contributed by atoms with E-state index in [1.54, 1.807) is 0 Å². The number of ether oxygens (including phenoxy) is 1. The number of nitrogens with two attached hydrogens (primary N) is 1. The Morgan fingerprint density at radius 3 is 2.62 bits per heavy atom. The average Bonchev–Trinajstić information content (AvgIpc) is 2.04. The molecule has 1 saturated heterocycles. The van der Waals surface area contributed by atoms with Crippen LogP contribution in [-0.2, 0) is 4.74 Å². The standard InChI is InChI=1S/C10H22N2O/c1-9(11)7-12(2)8-10-3-5-13-6-4-10/h9-10H,3-8,11H2,1-2H3. The summed E-state index contributed by atoms with van der Waals surface area (Å²) in [6.07, 6.45) is 2.42. The van der Waals surface area contributed by atoms with Gasteiger partial charge in [-0.1, -0.05) is 0 Å². The van der Waals surface area contributed by atoms with Crippen LogP contribution in [0.25, 0.3) is 0 Å². The van der Waals surface area contributed by atoms with Gasteiger partial charge in [0.05, 0.1) is 0 Å². The second-order valence-corrected chi connectivity index (χ2v) is 4.25. The minimum Gasteiger partial charge on any atom is -0.381 e. The summed E-state index contributed by atoms with van der Waals surface area (Å²) in [4.78, 5) is 2.33. The Morgan fingerprint density at radius 2 is 2.08 bits per heavy atom. The lowest BCUT2D eigenvalue weighted by Gasteiger charge is -2.27. The molecule has 0 aliphatic carbocycles. The molecule has 0 bridgehead atoms. The number of likely N-dealkylation sites (N-methyl/N-ethyl adjacent to an activating group) is 1. The summed E-state index contributed by atoms with van der Waals surface area (Å²) in [5, 5.41) is 0. The molecule has 1 rings (SSSR count). The van der Waals surface area contributed by atoms with Gasteiger partial charge in [0.1, 0.15) is 0 Å². The summed E-state index contributed by atoms with van der Waals surface area (Å²) in [6.45, 7) is 6.11.